The minimum Gasteiger partial charge on any atom is -0.354 e. The van der Waals surface area contributed by atoms with Gasteiger partial charge < -0.3 is 14.7 Å². The van der Waals surface area contributed by atoms with Crippen LogP contribution in [0.4, 0.5) is 5.82 Å². The molecule has 7 nitrogen and oxygen atoms in total. The van der Waals surface area contributed by atoms with Gasteiger partial charge in [-0.2, -0.15) is 0 Å². The fraction of sp³-hybridized carbons (Fsp3) is 0.500. The highest BCUT2D eigenvalue weighted by atomic mass is 16.2. The Morgan fingerprint density at radius 3 is 2.29 bits per heavy atom. The first kappa shape index (κ1) is 21.3. The van der Waals surface area contributed by atoms with Crippen molar-refractivity contribution in [2.75, 3.05) is 44.2 Å². The Labute approximate surface area is 184 Å². The molecule has 2 aromatic rings. The third-order valence-corrected chi connectivity index (χ3v) is 6.58. The lowest BCUT2D eigenvalue weighted by Crippen LogP contribution is -2.53. The highest BCUT2D eigenvalue weighted by Gasteiger charge is 2.32. The van der Waals surface area contributed by atoms with Crippen LogP contribution in [0.1, 0.15) is 30.9 Å². The molecule has 0 aliphatic carbocycles. The fourth-order valence-corrected chi connectivity index (χ4v) is 4.44. The zero-order valence-corrected chi connectivity index (χ0v) is 18.7. The minimum atomic E-state index is -0.0288. The van der Waals surface area contributed by atoms with Gasteiger partial charge in [-0.3, -0.25) is 9.59 Å². The number of carbonyl (C=O) groups excluding carboxylic acids is 2. The first-order chi connectivity index (χ1) is 14.9. The van der Waals surface area contributed by atoms with Crippen molar-refractivity contribution in [3.63, 3.8) is 0 Å². The van der Waals surface area contributed by atoms with Crippen LogP contribution in [-0.2, 0) is 9.59 Å². The highest BCUT2D eigenvalue weighted by molar-refractivity contribution is 5.80. The molecule has 2 saturated heterocycles. The molecule has 3 heterocycles. The molecule has 4 rings (SSSR count). The van der Waals surface area contributed by atoms with Crippen LogP contribution < -0.4 is 4.90 Å². The highest BCUT2D eigenvalue weighted by Crippen LogP contribution is 2.25. The maximum atomic E-state index is 13.1. The van der Waals surface area contributed by atoms with Gasteiger partial charge >= 0.3 is 0 Å². The van der Waals surface area contributed by atoms with Gasteiger partial charge in [-0.1, -0.05) is 12.1 Å². The average molecular weight is 422 g/mol. The zero-order chi connectivity index (χ0) is 22.0. The largest absolute Gasteiger partial charge is 0.354 e. The molecule has 0 unspecified atom stereocenters. The number of hydrogen-bond donors (Lipinski definition) is 0. The molecule has 0 radical (unpaired) electrons. The van der Waals surface area contributed by atoms with Gasteiger partial charge in [0.05, 0.1) is 11.6 Å². The topological polar surface area (TPSA) is 69.6 Å². The molecule has 0 spiro atoms. The van der Waals surface area contributed by atoms with Gasteiger partial charge in [-0.15, -0.1) is 10.2 Å². The molecule has 2 aliphatic heterocycles. The van der Waals surface area contributed by atoms with E-state index in [1.54, 1.807) is 6.92 Å². The van der Waals surface area contributed by atoms with E-state index in [2.05, 4.69) is 47.1 Å². The monoisotopic (exact) mass is 421 g/mol. The predicted octanol–water partition coefficient (Wildman–Crippen LogP) is 2.67. The molecule has 2 fully saturated rings. The summed E-state index contributed by atoms with van der Waals surface area (Å²) in [4.78, 5) is 30.5. The summed E-state index contributed by atoms with van der Waals surface area (Å²) in [6.07, 6.45) is 1.86. The Morgan fingerprint density at radius 1 is 0.903 bits per heavy atom. The maximum Gasteiger partial charge on any atom is 0.227 e. The van der Waals surface area contributed by atoms with Crippen LogP contribution >= 0.6 is 0 Å². The van der Waals surface area contributed by atoms with Crippen molar-refractivity contribution in [2.24, 2.45) is 5.92 Å². The SMILES string of the molecule is CC(=O)N1CCN(C(=O)[C@H]2CCCN(c3ccc(-c4ccc(C)c(C)c4)nn3)C2)CC1. The van der Waals surface area contributed by atoms with Crippen molar-refractivity contribution in [1.29, 1.82) is 0 Å². The van der Waals surface area contributed by atoms with E-state index in [1.807, 2.05) is 21.9 Å². The Balaban J connectivity index is 1.39. The van der Waals surface area contributed by atoms with Crippen molar-refractivity contribution in [3.8, 4) is 11.3 Å². The molecule has 2 aliphatic rings. The van der Waals surface area contributed by atoms with Crippen molar-refractivity contribution in [2.45, 2.75) is 33.6 Å². The Hall–Kier alpha value is -2.96. The normalized spacial score (nSPS) is 19.5. The fourth-order valence-electron chi connectivity index (χ4n) is 4.44. The van der Waals surface area contributed by atoms with Crippen molar-refractivity contribution < 1.29 is 9.59 Å². The van der Waals surface area contributed by atoms with Crippen LogP contribution in [0.3, 0.4) is 0 Å². The summed E-state index contributed by atoms with van der Waals surface area (Å²) in [6, 6.07) is 10.3. The Morgan fingerprint density at radius 2 is 1.65 bits per heavy atom. The van der Waals surface area contributed by atoms with E-state index in [0.717, 1.165) is 36.5 Å². The van der Waals surface area contributed by atoms with E-state index in [9.17, 15) is 9.59 Å². The van der Waals surface area contributed by atoms with Crippen LogP contribution in [0.5, 0.6) is 0 Å². The van der Waals surface area contributed by atoms with E-state index < -0.39 is 0 Å². The summed E-state index contributed by atoms with van der Waals surface area (Å²) in [6.45, 7) is 9.85. The molecule has 0 saturated carbocycles. The Bertz CT molecular complexity index is 951. The van der Waals surface area contributed by atoms with E-state index in [-0.39, 0.29) is 17.7 Å². The second kappa shape index (κ2) is 9.04. The number of anilines is 1. The van der Waals surface area contributed by atoms with Crippen LogP contribution in [0.25, 0.3) is 11.3 Å². The summed E-state index contributed by atoms with van der Waals surface area (Å²) in [5.41, 5.74) is 4.43. The van der Waals surface area contributed by atoms with Crippen molar-refractivity contribution in [3.05, 3.63) is 41.5 Å². The van der Waals surface area contributed by atoms with Crippen molar-refractivity contribution in [1.82, 2.24) is 20.0 Å². The smallest absolute Gasteiger partial charge is 0.227 e. The van der Waals surface area contributed by atoms with Crippen LogP contribution in [0.15, 0.2) is 30.3 Å². The van der Waals surface area contributed by atoms with Crippen LogP contribution in [-0.4, -0.2) is 71.1 Å². The number of piperidine rings is 1. The second-order valence-electron chi connectivity index (χ2n) is 8.69. The van der Waals surface area contributed by atoms with Gasteiger partial charge in [0.15, 0.2) is 5.82 Å². The standard InChI is InChI=1S/C24H31N5O2/c1-17-6-7-20(15-18(17)2)22-8-9-23(26-25-22)29-10-4-5-21(16-29)24(31)28-13-11-27(12-14-28)19(3)30/h6-9,15,21H,4-5,10-14,16H2,1-3H3/t21-/m0/s1. The molecule has 1 aromatic carbocycles. The number of benzene rings is 1. The van der Waals surface area contributed by atoms with Gasteiger partial charge in [0.2, 0.25) is 11.8 Å². The average Bonchev–Trinajstić information content (AvgIpc) is 2.80. The molecular formula is C24H31N5O2. The van der Waals surface area contributed by atoms with Crippen molar-refractivity contribution >= 4 is 17.6 Å². The molecule has 7 heteroatoms. The molecule has 2 amide bonds. The number of nitrogens with zero attached hydrogens (tertiary/aromatic N) is 5. The molecule has 0 bridgehead atoms. The third-order valence-electron chi connectivity index (χ3n) is 6.58. The molecule has 31 heavy (non-hydrogen) atoms. The predicted molar refractivity (Wildman–Crippen MR) is 121 cm³/mol. The number of aromatic nitrogens is 2. The summed E-state index contributed by atoms with van der Waals surface area (Å²) in [5.74, 6) is 1.08. The number of aryl methyl sites for hydroxylation is 2. The molecular weight excluding hydrogens is 390 g/mol. The van der Waals surface area contributed by atoms with Gasteiger partial charge in [0, 0.05) is 51.8 Å². The first-order valence-corrected chi connectivity index (χ1v) is 11.1. The quantitative estimate of drug-likeness (QED) is 0.762. The van der Waals surface area contributed by atoms with Crippen LogP contribution in [0, 0.1) is 19.8 Å². The lowest BCUT2D eigenvalue weighted by Gasteiger charge is -2.39. The maximum absolute atomic E-state index is 13.1. The molecule has 1 atom stereocenters. The third kappa shape index (κ3) is 4.70. The summed E-state index contributed by atoms with van der Waals surface area (Å²) in [5, 5.41) is 8.93. The van der Waals surface area contributed by atoms with Gasteiger partial charge in [0.25, 0.3) is 0 Å². The first-order valence-electron chi connectivity index (χ1n) is 11.1. The zero-order valence-electron chi connectivity index (χ0n) is 18.7. The lowest BCUT2D eigenvalue weighted by atomic mass is 9.96. The Kier molecular flexibility index (Phi) is 6.20. The van der Waals surface area contributed by atoms with E-state index >= 15 is 0 Å². The van der Waals surface area contributed by atoms with E-state index in [4.69, 9.17) is 0 Å². The number of rotatable bonds is 3. The summed E-state index contributed by atoms with van der Waals surface area (Å²) >= 11 is 0. The van der Waals surface area contributed by atoms with E-state index in [0.29, 0.717) is 32.7 Å². The minimum absolute atomic E-state index is 0.0288. The van der Waals surface area contributed by atoms with Gasteiger partial charge in [-0.05, 0) is 56.0 Å². The number of piperazine rings is 1. The van der Waals surface area contributed by atoms with E-state index in [1.165, 1.54) is 11.1 Å². The number of hydrogen-bond acceptors (Lipinski definition) is 5. The molecule has 164 valence electrons. The number of carbonyl (C=O) groups is 2. The molecule has 1 aromatic heterocycles. The van der Waals surface area contributed by atoms with Crippen LogP contribution in [0.2, 0.25) is 0 Å². The van der Waals surface area contributed by atoms with Gasteiger partial charge in [-0.25, -0.2) is 0 Å². The van der Waals surface area contributed by atoms with Gasteiger partial charge in [0.1, 0.15) is 0 Å². The summed E-state index contributed by atoms with van der Waals surface area (Å²) in [7, 11) is 0. The summed E-state index contributed by atoms with van der Waals surface area (Å²) < 4.78 is 0. The molecule has 0 N–H and O–H groups in total. The second-order valence-corrected chi connectivity index (χ2v) is 8.69. The number of amides is 2. The lowest BCUT2D eigenvalue weighted by molar-refractivity contribution is -0.141.